The summed E-state index contributed by atoms with van der Waals surface area (Å²) in [5, 5.41) is 3.13. The number of halogens is 2. The van der Waals surface area contributed by atoms with Gasteiger partial charge in [0.05, 0.1) is 0 Å². The molecule has 0 atom stereocenters. The molecule has 0 unspecified atom stereocenters. The van der Waals surface area contributed by atoms with Crippen molar-refractivity contribution in [1.82, 2.24) is 15.0 Å². The van der Waals surface area contributed by atoms with Gasteiger partial charge in [-0.1, -0.05) is 0 Å². The van der Waals surface area contributed by atoms with Gasteiger partial charge in [0, 0.05) is 6.54 Å². The molecule has 0 fully saturated rings. The van der Waals surface area contributed by atoms with Gasteiger partial charge in [-0.05, 0) is 35.4 Å². The summed E-state index contributed by atoms with van der Waals surface area (Å²) in [5.41, 5.74) is 0. The van der Waals surface area contributed by atoms with Crippen molar-refractivity contribution < 1.29 is 0 Å². The smallest absolute Gasteiger partial charge is 0.228 e. The number of rotatable bonds is 4. The summed E-state index contributed by atoms with van der Waals surface area (Å²) in [4.78, 5) is 11.3. The second-order valence-corrected chi connectivity index (χ2v) is 3.32. The first-order valence-corrected chi connectivity index (χ1v) is 5.03. The normalized spacial score (nSPS) is 10.1. The van der Waals surface area contributed by atoms with Crippen LogP contribution in [-0.2, 0) is 0 Å². The second-order valence-electron chi connectivity index (χ2n) is 2.20. The van der Waals surface area contributed by atoms with Crippen molar-refractivity contribution in [2.24, 2.45) is 0 Å². The van der Waals surface area contributed by atoms with Crippen LogP contribution in [0.5, 0.6) is 0 Å². The Hall–Kier alpha value is -0.260. The van der Waals surface area contributed by atoms with Crippen molar-refractivity contribution in [3.05, 3.63) is 10.6 Å². The van der Waals surface area contributed by atoms with Crippen molar-refractivity contribution in [3.63, 3.8) is 0 Å². The molecule has 1 rings (SSSR count). The monoisotopic (exact) mass is 238 g/mol. The van der Waals surface area contributed by atoms with E-state index in [9.17, 15) is 0 Å². The molecule has 0 spiro atoms. The van der Waals surface area contributed by atoms with Crippen LogP contribution in [0, 0.1) is 0 Å². The van der Waals surface area contributed by atoms with Gasteiger partial charge in [-0.2, -0.15) is 27.6 Å². The lowest BCUT2D eigenvalue weighted by Crippen LogP contribution is -2.06. The number of hydrogen-bond acceptors (Lipinski definition) is 5. The fourth-order valence-corrected chi connectivity index (χ4v) is 1.21. The minimum atomic E-state index is 0.0911. The van der Waals surface area contributed by atoms with Crippen LogP contribution in [0.25, 0.3) is 0 Å². The van der Waals surface area contributed by atoms with E-state index in [0.717, 1.165) is 18.7 Å². The quantitative estimate of drug-likeness (QED) is 0.622. The molecular formula is C6H8Cl2N4S. The Labute approximate surface area is 91.5 Å². The summed E-state index contributed by atoms with van der Waals surface area (Å²) in [6.07, 6.45) is 0.921. The zero-order valence-electron chi connectivity index (χ0n) is 6.67. The Morgan fingerprint density at radius 1 is 1.15 bits per heavy atom. The topological polar surface area (TPSA) is 50.7 Å². The maximum absolute atomic E-state index is 5.56. The van der Waals surface area contributed by atoms with E-state index in [1.54, 1.807) is 0 Å². The molecule has 13 heavy (non-hydrogen) atoms. The summed E-state index contributed by atoms with van der Waals surface area (Å²) in [5.74, 6) is 1.20. The highest BCUT2D eigenvalue weighted by Crippen LogP contribution is 2.09. The highest BCUT2D eigenvalue weighted by molar-refractivity contribution is 7.80. The molecule has 1 heterocycles. The van der Waals surface area contributed by atoms with Gasteiger partial charge in [-0.3, -0.25) is 0 Å². The summed E-state index contributed by atoms with van der Waals surface area (Å²) in [7, 11) is 0. The zero-order chi connectivity index (χ0) is 9.68. The van der Waals surface area contributed by atoms with Crippen molar-refractivity contribution in [2.45, 2.75) is 6.42 Å². The van der Waals surface area contributed by atoms with Gasteiger partial charge in [0.2, 0.25) is 16.5 Å². The van der Waals surface area contributed by atoms with Crippen LogP contribution in [0.3, 0.4) is 0 Å². The third-order valence-electron chi connectivity index (χ3n) is 1.20. The Morgan fingerprint density at radius 2 is 1.77 bits per heavy atom. The van der Waals surface area contributed by atoms with Gasteiger partial charge in [-0.25, -0.2) is 0 Å². The second kappa shape index (κ2) is 5.47. The van der Waals surface area contributed by atoms with E-state index in [1.807, 2.05) is 0 Å². The molecule has 0 saturated heterocycles. The molecule has 0 aliphatic rings. The van der Waals surface area contributed by atoms with Crippen LogP contribution in [0.15, 0.2) is 0 Å². The van der Waals surface area contributed by atoms with E-state index in [0.29, 0.717) is 5.95 Å². The Morgan fingerprint density at radius 3 is 2.31 bits per heavy atom. The van der Waals surface area contributed by atoms with Crippen LogP contribution in [0.2, 0.25) is 10.6 Å². The molecule has 72 valence electrons. The van der Waals surface area contributed by atoms with Crippen LogP contribution in [0.1, 0.15) is 6.42 Å². The molecule has 0 radical (unpaired) electrons. The van der Waals surface area contributed by atoms with Crippen molar-refractivity contribution in [1.29, 1.82) is 0 Å². The predicted octanol–water partition coefficient (Wildman–Crippen LogP) is 1.91. The first-order chi connectivity index (χ1) is 6.22. The first kappa shape index (κ1) is 10.8. The fourth-order valence-electron chi connectivity index (χ4n) is 0.684. The van der Waals surface area contributed by atoms with Crippen LogP contribution < -0.4 is 5.32 Å². The number of nitrogens with one attached hydrogen (secondary N) is 1. The van der Waals surface area contributed by atoms with Gasteiger partial charge in [0.1, 0.15) is 0 Å². The molecule has 1 aromatic heterocycles. The molecule has 0 saturated carbocycles. The van der Waals surface area contributed by atoms with E-state index in [-0.39, 0.29) is 10.6 Å². The lowest BCUT2D eigenvalue weighted by Gasteiger charge is -2.02. The van der Waals surface area contributed by atoms with Crippen molar-refractivity contribution in [3.8, 4) is 0 Å². The largest absolute Gasteiger partial charge is 0.354 e. The average Bonchev–Trinajstić information content (AvgIpc) is 2.03. The van der Waals surface area contributed by atoms with Crippen molar-refractivity contribution in [2.75, 3.05) is 17.6 Å². The van der Waals surface area contributed by atoms with Gasteiger partial charge >= 0.3 is 0 Å². The van der Waals surface area contributed by atoms with Crippen LogP contribution >= 0.6 is 35.8 Å². The highest BCUT2D eigenvalue weighted by atomic mass is 35.5. The third-order valence-corrected chi connectivity index (χ3v) is 1.85. The van der Waals surface area contributed by atoms with Crippen LogP contribution in [-0.4, -0.2) is 27.2 Å². The highest BCUT2D eigenvalue weighted by Gasteiger charge is 2.01. The Kier molecular flexibility index (Phi) is 4.55. The van der Waals surface area contributed by atoms with Gasteiger partial charge in [0.15, 0.2) is 0 Å². The number of aromatic nitrogens is 3. The minimum absolute atomic E-state index is 0.0911. The molecule has 1 N–H and O–H groups in total. The molecule has 0 aromatic carbocycles. The molecule has 0 aliphatic heterocycles. The average molecular weight is 239 g/mol. The van der Waals surface area contributed by atoms with E-state index in [4.69, 9.17) is 23.2 Å². The van der Waals surface area contributed by atoms with Crippen LogP contribution in [0.4, 0.5) is 5.95 Å². The predicted molar refractivity (Wildman–Crippen MR) is 56.8 cm³/mol. The number of anilines is 1. The fraction of sp³-hybridized carbons (Fsp3) is 0.500. The maximum Gasteiger partial charge on any atom is 0.228 e. The molecule has 0 aliphatic carbocycles. The standard InChI is InChI=1S/C6H8Cl2N4S/c7-4-10-5(8)12-6(11-4)9-2-1-3-13/h13H,1-3H2,(H,9,10,11,12). The van der Waals surface area contributed by atoms with E-state index < -0.39 is 0 Å². The lowest BCUT2D eigenvalue weighted by molar-refractivity contribution is 0.948. The van der Waals surface area contributed by atoms with Gasteiger partial charge in [0.25, 0.3) is 0 Å². The number of hydrogen-bond donors (Lipinski definition) is 2. The summed E-state index contributed by atoms with van der Waals surface area (Å²) >= 11 is 15.2. The summed E-state index contributed by atoms with van der Waals surface area (Å²) in [6, 6.07) is 0. The number of nitrogens with zero attached hydrogens (tertiary/aromatic N) is 3. The molecule has 1 aromatic rings. The molecule has 0 bridgehead atoms. The lowest BCUT2D eigenvalue weighted by atomic mass is 10.5. The Bertz CT molecular complexity index is 263. The van der Waals surface area contributed by atoms with Gasteiger partial charge < -0.3 is 5.32 Å². The molecule has 0 amide bonds. The van der Waals surface area contributed by atoms with E-state index >= 15 is 0 Å². The maximum atomic E-state index is 5.56. The number of thiol groups is 1. The minimum Gasteiger partial charge on any atom is -0.354 e. The molecule has 7 heteroatoms. The first-order valence-electron chi connectivity index (χ1n) is 3.64. The van der Waals surface area contributed by atoms with Gasteiger partial charge in [-0.15, -0.1) is 0 Å². The zero-order valence-corrected chi connectivity index (χ0v) is 9.07. The summed E-state index contributed by atoms with van der Waals surface area (Å²) in [6.45, 7) is 0.736. The van der Waals surface area contributed by atoms with E-state index in [2.05, 4.69) is 32.9 Å². The molecule has 4 nitrogen and oxygen atoms in total. The Balaban J connectivity index is 2.56. The van der Waals surface area contributed by atoms with Crippen molar-refractivity contribution >= 4 is 41.8 Å². The van der Waals surface area contributed by atoms with E-state index in [1.165, 1.54) is 0 Å². The molecular weight excluding hydrogens is 231 g/mol. The third kappa shape index (κ3) is 3.97. The SMILES string of the molecule is SCCCNc1nc(Cl)nc(Cl)n1. The summed E-state index contributed by atoms with van der Waals surface area (Å²) < 4.78 is 0.